The number of nitrogens with one attached hydrogen (secondary N) is 4. The zero-order valence-corrected chi connectivity index (χ0v) is 8.27. The van der Waals surface area contributed by atoms with Gasteiger partial charge in [-0.2, -0.15) is 0 Å². The standard InChI is InChI=1S/C5H14N10O/c6-3(7)14-12-1-2(11-5(16)10-1)13-15-4(8)9/h1-2,12-13H,(H4,6,7,14)(H4,8,9,15)(H2,10,11,16)/t1-,2-/m0/s1. The Kier molecular flexibility index (Phi) is 3.42. The van der Waals surface area contributed by atoms with Crippen LogP contribution in [-0.2, 0) is 0 Å². The number of amides is 2. The van der Waals surface area contributed by atoms with Gasteiger partial charge in [-0.3, -0.25) is 10.9 Å². The van der Waals surface area contributed by atoms with Crippen LogP contribution < -0.4 is 44.4 Å². The molecular formula is C5H14N10O. The van der Waals surface area contributed by atoms with Crippen LogP contribution in [0.1, 0.15) is 0 Å². The molecule has 2 amide bonds. The molecule has 1 rings (SSSR count). The Morgan fingerprint density at radius 3 is 1.69 bits per heavy atom. The van der Waals surface area contributed by atoms with Gasteiger partial charge in [0.1, 0.15) is 0 Å². The van der Waals surface area contributed by atoms with Crippen molar-refractivity contribution < 1.29 is 4.79 Å². The maximum absolute atomic E-state index is 11.0. The molecule has 0 aromatic rings. The first-order valence-electron chi connectivity index (χ1n) is 4.24. The van der Waals surface area contributed by atoms with Crippen molar-refractivity contribution in [1.29, 1.82) is 0 Å². The Balaban J connectivity index is 2.56. The molecule has 1 fully saturated rings. The molecule has 2 atom stereocenters. The number of hydrazone groups is 2. The van der Waals surface area contributed by atoms with Crippen molar-refractivity contribution in [2.24, 2.45) is 33.1 Å². The van der Waals surface area contributed by atoms with Crippen LogP contribution in [0.15, 0.2) is 10.2 Å². The maximum Gasteiger partial charge on any atom is 0.318 e. The summed E-state index contributed by atoms with van der Waals surface area (Å²) in [6, 6.07) is -0.411. The van der Waals surface area contributed by atoms with Gasteiger partial charge in [-0.25, -0.2) is 4.79 Å². The first kappa shape index (κ1) is 11.5. The predicted molar refractivity (Wildman–Crippen MR) is 57.1 cm³/mol. The van der Waals surface area contributed by atoms with Crippen molar-refractivity contribution in [2.45, 2.75) is 12.3 Å². The second kappa shape index (κ2) is 4.77. The first-order chi connectivity index (χ1) is 7.49. The summed E-state index contributed by atoms with van der Waals surface area (Å²) in [4.78, 5) is 11.0. The summed E-state index contributed by atoms with van der Waals surface area (Å²) in [6.07, 6.45) is -1.17. The topological polar surface area (TPSA) is 194 Å². The van der Waals surface area contributed by atoms with Gasteiger partial charge < -0.3 is 33.6 Å². The maximum atomic E-state index is 11.0. The third-order valence-electron chi connectivity index (χ3n) is 1.57. The molecule has 0 aromatic heterocycles. The van der Waals surface area contributed by atoms with Crippen molar-refractivity contribution in [3.63, 3.8) is 0 Å². The highest BCUT2D eigenvalue weighted by atomic mass is 16.2. The highest BCUT2D eigenvalue weighted by molar-refractivity contribution is 5.78. The van der Waals surface area contributed by atoms with Crippen LogP contribution in [0.25, 0.3) is 0 Å². The number of rotatable bonds is 4. The molecule has 11 nitrogen and oxygen atoms in total. The SMILES string of the molecule is NC(N)=NN[C@@H]1NC(=O)N[C@H]1NN=C(N)N. The van der Waals surface area contributed by atoms with Crippen molar-refractivity contribution in [3.8, 4) is 0 Å². The summed E-state index contributed by atoms with van der Waals surface area (Å²) in [5, 5.41) is 12.1. The molecular weight excluding hydrogens is 216 g/mol. The largest absolute Gasteiger partial charge is 0.369 e. The second-order valence-corrected chi connectivity index (χ2v) is 2.90. The number of hydrogen-bond acceptors (Lipinski definition) is 5. The van der Waals surface area contributed by atoms with E-state index in [9.17, 15) is 4.79 Å². The number of nitrogens with zero attached hydrogens (tertiary/aromatic N) is 2. The molecule has 1 aliphatic rings. The molecule has 0 aromatic carbocycles. The molecule has 0 bridgehead atoms. The van der Waals surface area contributed by atoms with E-state index in [0.29, 0.717) is 0 Å². The Bertz CT molecular complexity index is 285. The molecule has 1 aliphatic heterocycles. The Morgan fingerprint density at radius 2 is 1.38 bits per heavy atom. The normalized spacial score (nSPS) is 22.6. The minimum absolute atomic E-state index is 0.165. The van der Waals surface area contributed by atoms with Crippen LogP contribution in [0.5, 0.6) is 0 Å². The fourth-order valence-electron chi connectivity index (χ4n) is 0.993. The van der Waals surface area contributed by atoms with Crippen LogP contribution >= 0.6 is 0 Å². The summed E-state index contributed by atoms with van der Waals surface area (Å²) in [7, 11) is 0. The van der Waals surface area contributed by atoms with Gasteiger partial charge in [-0.05, 0) is 0 Å². The molecule has 12 N–H and O–H groups in total. The Hall–Kier alpha value is -2.59. The molecule has 16 heavy (non-hydrogen) atoms. The third kappa shape index (κ3) is 3.28. The zero-order valence-electron chi connectivity index (χ0n) is 8.27. The summed E-state index contributed by atoms with van der Waals surface area (Å²) in [5.74, 6) is -0.330. The summed E-state index contributed by atoms with van der Waals surface area (Å²) >= 11 is 0. The summed E-state index contributed by atoms with van der Waals surface area (Å²) in [5.41, 5.74) is 25.5. The van der Waals surface area contributed by atoms with Crippen molar-refractivity contribution >= 4 is 18.0 Å². The van der Waals surface area contributed by atoms with E-state index in [0.717, 1.165) is 0 Å². The Labute approximate surface area is 90.6 Å². The van der Waals surface area contributed by atoms with E-state index in [1.807, 2.05) is 0 Å². The van der Waals surface area contributed by atoms with Gasteiger partial charge in [-0.15, -0.1) is 10.2 Å². The number of nitrogens with two attached hydrogens (primary N) is 4. The number of guanidine groups is 2. The lowest BCUT2D eigenvalue weighted by Gasteiger charge is -2.17. The molecule has 90 valence electrons. The van der Waals surface area contributed by atoms with E-state index in [-0.39, 0.29) is 11.9 Å². The highest BCUT2D eigenvalue weighted by Crippen LogP contribution is 1.95. The minimum atomic E-state index is -0.585. The van der Waals surface area contributed by atoms with E-state index < -0.39 is 18.4 Å². The lowest BCUT2D eigenvalue weighted by molar-refractivity contribution is 0.246. The summed E-state index contributed by atoms with van der Waals surface area (Å²) in [6.45, 7) is 0. The summed E-state index contributed by atoms with van der Waals surface area (Å²) < 4.78 is 0. The van der Waals surface area contributed by atoms with E-state index in [4.69, 9.17) is 22.9 Å². The van der Waals surface area contributed by atoms with Crippen molar-refractivity contribution in [2.75, 3.05) is 0 Å². The number of hydrogen-bond donors (Lipinski definition) is 8. The fourth-order valence-corrected chi connectivity index (χ4v) is 0.993. The minimum Gasteiger partial charge on any atom is -0.369 e. The number of carbonyl (C=O) groups excluding carboxylic acids is 1. The van der Waals surface area contributed by atoms with Gasteiger partial charge in [0.25, 0.3) is 0 Å². The first-order valence-corrected chi connectivity index (χ1v) is 4.24. The average molecular weight is 230 g/mol. The van der Waals surface area contributed by atoms with E-state index in [2.05, 4.69) is 31.7 Å². The highest BCUT2D eigenvalue weighted by Gasteiger charge is 2.31. The molecule has 0 saturated carbocycles. The van der Waals surface area contributed by atoms with E-state index >= 15 is 0 Å². The molecule has 11 heteroatoms. The molecule has 0 spiro atoms. The van der Waals surface area contributed by atoms with Crippen LogP contribution in [-0.4, -0.2) is 30.3 Å². The van der Waals surface area contributed by atoms with Gasteiger partial charge in [-0.1, -0.05) is 0 Å². The van der Waals surface area contributed by atoms with Gasteiger partial charge in [0.2, 0.25) is 11.9 Å². The second-order valence-electron chi connectivity index (χ2n) is 2.90. The predicted octanol–water partition coefficient (Wildman–Crippen LogP) is -4.49. The lowest BCUT2D eigenvalue weighted by Crippen LogP contribution is -2.51. The zero-order chi connectivity index (χ0) is 12.1. The quantitative estimate of drug-likeness (QED) is 0.135. The molecule has 0 aliphatic carbocycles. The van der Waals surface area contributed by atoms with Crippen LogP contribution in [0.3, 0.4) is 0 Å². The van der Waals surface area contributed by atoms with E-state index in [1.165, 1.54) is 0 Å². The van der Waals surface area contributed by atoms with E-state index in [1.54, 1.807) is 0 Å². The van der Waals surface area contributed by atoms with Crippen LogP contribution in [0, 0.1) is 0 Å². The monoisotopic (exact) mass is 230 g/mol. The number of carbonyl (C=O) groups is 1. The van der Waals surface area contributed by atoms with Crippen molar-refractivity contribution in [3.05, 3.63) is 0 Å². The van der Waals surface area contributed by atoms with Crippen molar-refractivity contribution in [1.82, 2.24) is 21.5 Å². The van der Waals surface area contributed by atoms with Crippen LogP contribution in [0.2, 0.25) is 0 Å². The van der Waals surface area contributed by atoms with Gasteiger partial charge in [0, 0.05) is 0 Å². The smallest absolute Gasteiger partial charge is 0.318 e. The fraction of sp³-hybridized carbons (Fsp3) is 0.400. The number of urea groups is 1. The Morgan fingerprint density at radius 1 is 1.00 bits per heavy atom. The van der Waals surface area contributed by atoms with Crippen LogP contribution in [0.4, 0.5) is 4.79 Å². The molecule has 0 unspecified atom stereocenters. The third-order valence-corrected chi connectivity index (χ3v) is 1.57. The molecule has 1 heterocycles. The molecule has 0 radical (unpaired) electrons. The average Bonchev–Trinajstić information content (AvgIpc) is 2.52. The van der Waals surface area contributed by atoms with Gasteiger partial charge in [0.05, 0.1) is 0 Å². The van der Waals surface area contributed by atoms with Gasteiger partial charge >= 0.3 is 6.03 Å². The lowest BCUT2D eigenvalue weighted by atomic mass is 10.4. The molecule has 1 saturated heterocycles. The van der Waals surface area contributed by atoms with Gasteiger partial charge in [0.15, 0.2) is 12.3 Å².